The van der Waals surface area contributed by atoms with Gasteiger partial charge in [-0.1, -0.05) is 44.2 Å². The van der Waals surface area contributed by atoms with Crippen LogP contribution in [0.15, 0.2) is 35.1 Å². The molecule has 0 fully saturated rings. The van der Waals surface area contributed by atoms with Crippen LogP contribution in [0, 0.1) is 5.92 Å². The molecule has 0 saturated carbocycles. The smallest absolute Gasteiger partial charge is 0.259 e. The van der Waals surface area contributed by atoms with Crippen molar-refractivity contribution in [3.63, 3.8) is 0 Å². The highest BCUT2D eigenvalue weighted by Gasteiger charge is 2.21. The van der Waals surface area contributed by atoms with Crippen LogP contribution in [0.1, 0.15) is 54.9 Å². The Bertz CT molecular complexity index is 1090. The Balaban J connectivity index is 1.42. The van der Waals surface area contributed by atoms with Crippen LogP contribution in [0.5, 0.6) is 0 Å². The van der Waals surface area contributed by atoms with Crippen molar-refractivity contribution in [2.75, 3.05) is 19.7 Å². The third-order valence-corrected chi connectivity index (χ3v) is 7.35. The van der Waals surface area contributed by atoms with Gasteiger partial charge in [0, 0.05) is 11.4 Å². The molecule has 33 heavy (non-hydrogen) atoms. The molecule has 0 spiro atoms. The molecule has 4 rings (SSSR count). The second-order valence-corrected chi connectivity index (χ2v) is 10.6. The Morgan fingerprint density at radius 3 is 2.79 bits per heavy atom. The number of aliphatic hydroxyl groups excluding tert-OH is 1. The number of hydrogen-bond acceptors (Lipinski definition) is 6. The lowest BCUT2D eigenvalue weighted by atomic mass is 9.97. The number of aliphatic hydroxyl groups is 1. The zero-order valence-corrected chi connectivity index (χ0v) is 20.5. The first kappa shape index (κ1) is 24.1. The molecule has 3 aromatic rings. The molecule has 2 aromatic heterocycles. The lowest BCUT2D eigenvalue weighted by Crippen LogP contribution is -2.36. The Morgan fingerprint density at radius 2 is 2.00 bits per heavy atom. The molecule has 0 aliphatic heterocycles. The normalized spacial score (nSPS) is 14.8. The number of H-pyrrole nitrogens is 1. The van der Waals surface area contributed by atoms with Gasteiger partial charge in [-0.25, -0.2) is 4.98 Å². The average molecular weight is 470 g/mol. The van der Waals surface area contributed by atoms with Crippen LogP contribution >= 0.6 is 11.3 Å². The molecule has 7 heteroatoms. The van der Waals surface area contributed by atoms with E-state index in [1.165, 1.54) is 16.9 Å². The molecule has 0 amide bonds. The number of thiophene rings is 1. The highest BCUT2D eigenvalue weighted by molar-refractivity contribution is 7.18. The topological polar surface area (TPSA) is 78.5 Å². The Hall–Kier alpha value is -2.06. The minimum Gasteiger partial charge on any atom is -0.389 e. The lowest BCUT2D eigenvalue weighted by Gasteiger charge is -2.25. The zero-order valence-electron chi connectivity index (χ0n) is 19.7. The van der Waals surface area contributed by atoms with E-state index in [2.05, 4.69) is 23.7 Å². The van der Waals surface area contributed by atoms with Crippen molar-refractivity contribution in [3.05, 3.63) is 62.5 Å². The Morgan fingerprint density at radius 1 is 1.21 bits per heavy atom. The predicted octanol–water partition coefficient (Wildman–Crippen LogP) is 4.29. The van der Waals surface area contributed by atoms with E-state index in [0.29, 0.717) is 31.4 Å². The van der Waals surface area contributed by atoms with E-state index in [0.717, 1.165) is 48.0 Å². The van der Waals surface area contributed by atoms with Gasteiger partial charge in [0.25, 0.3) is 5.56 Å². The number of aryl methyl sites for hydroxylation is 2. The first-order valence-corrected chi connectivity index (χ1v) is 12.9. The van der Waals surface area contributed by atoms with Gasteiger partial charge >= 0.3 is 0 Å². The average Bonchev–Trinajstić information content (AvgIpc) is 3.17. The second-order valence-electron chi connectivity index (χ2n) is 9.48. The van der Waals surface area contributed by atoms with Crippen molar-refractivity contribution in [2.24, 2.45) is 5.92 Å². The van der Waals surface area contributed by atoms with Gasteiger partial charge in [0.15, 0.2) is 0 Å². The van der Waals surface area contributed by atoms with Crippen molar-refractivity contribution in [1.82, 2.24) is 14.9 Å². The molecule has 0 unspecified atom stereocenters. The fraction of sp³-hybridized carbons (Fsp3) is 0.538. The van der Waals surface area contributed by atoms with Gasteiger partial charge < -0.3 is 14.8 Å². The highest BCUT2D eigenvalue weighted by Crippen LogP contribution is 2.33. The maximum absolute atomic E-state index is 12.9. The van der Waals surface area contributed by atoms with Crippen molar-refractivity contribution in [2.45, 2.75) is 65.2 Å². The minimum atomic E-state index is -0.606. The summed E-state index contributed by atoms with van der Waals surface area (Å²) in [6.07, 6.45) is 4.78. The van der Waals surface area contributed by atoms with Crippen LogP contribution in [-0.4, -0.2) is 45.8 Å². The number of benzene rings is 1. The maximum atomic E-state index is 12.9. The van der Waals surface area contributed by atoms with E-state index in [4.69, 9.17) is 9.72 Å². The number of rotatable bonds is 11. The lowest BCUT2D eigenvalue weighted by molar-refractivity contribution is 0.00751. The summed E-state index contributed by atoms with van der Waals surface area (Å²) in [6.45, 7) is 6.96. The van der Waals surface area contributed by atoms with Crippen molar-refractivity contribution in [1.29, 1.82) is 0 Å². The molecule has 1 aromatic carbocycles. The zero-order chi connectivity index (χ0) is 23.2. The largest absolute Gasteiger partial charge is 0.389 e. The van der Waals surface area contributed by atoms with E-state index < -0.39 is 6.10 Å². The van der Waals surface area contributed by atoms with Gasteiger partial charge in [-0.3, -0.25) is 9.69 Å². The summed E-state index contributed by atoms with van der Waals surface area (Å²) < 4.78 is 5.73. The van der Waals surface area contributed by atoms with E-state index in [-0.39, 0.29) is 12.2 Å². The number of nitrogens with one attached hydrogen (secondary N) is 1. The highest BCUT2D eigenvalue weighted by atomic mass is 32.1. The molecule has 1 aliphatic rings. The molecule has 1 aliphatic carbocycles. The maximum Gasteiger partial charge on any atom is 0.259 e. The van der Waals surface area contributed by atoms with Crippen LogP contribution in [0.4, 0.5) is 0 Å². The molecule has 6 nitrogen and oxygen atoms in total. The fourth-order valence-corrected chi connectivity index (χ4v) is 5.69. The standard InChI is InChI=1S/C26H35N3O3S/c1-18(2)12-13-29(14-20(30)17-32-16-19-8-4-3-5-9-19)15-23-27-25(31)24-21-10-6-7-11-22(21)33-26(24)28-23/h3-5,8-9,18,20,30H,6-7,10-17H2,1-2H3,(H,27,28,31)/t20-/m0/s1. The SMILES string of the molecule is CC(C)CCN(Cc1nc2sc3c(c2c(=O)[nH]1)CCCC3)C[C@H](O)COCc1ccccc1. The van der Waals surface area contributed by atoms with Crippen molar-refractivity contribution < 1.29 is 9.84 Å². The molecular formula is C26H35N3O3S. The van der Waals surface area contributed by atoms with Gasteiger partial charge in [-0.05, 0) is 55.7 Å². The number of aromatic amines is 1. The van der Waals surface area contributed by atoms with Gasteiger partial charge in [0.2, 0.25) is 0 Å². The second kappa shape index (κ2) is 11.4. The molecule has 0 saturated heterocycles. The summed E-state index contributed by atoms with van der Waals surface area (Å²) in [5.74, 6) is 1.23. The quantitative estimate of drug-likeness (QED) is 0.438. The molecule has 178 valence electrons. The third-order valence-electron chi connectivity index (χ3n) is 6.16. The Kier molecular flexibility index (Phi) is 8.30. The van der Waals surface area contributed by atoms with Gasteiger partial charge in [0.05, 0.1) is 31.2 Å². The van der Waals surface area contributed by atoms with Crippen LogP contribution in [0.2, 0.25) is 0 Å². The first-order chi connectivity index (χ1) is 16.0. The summed E-state index contributed by atoms with van der Waals surface area (Å²) in [5.41, 5.74) is 2.28. The number of fused-ring (bicyclic) bond motifs is 3. The van der Waals surface area contributed by atoms with Crippen LogP contribution in [0.3, 0.4) is 0 Å². The molecule has 0 bridgehead atoms. The summed E-state index contributed by atoms with van der Waals surface area (Å²) in [7, 11) is 0. The number of hydrogen-bond donors (Lipinski definition) is 2. The number of nitrogens with zero attached hydrogens (tertiary/aromatic N) is 2. The van der Waals surface area contributed by atoms with Gasteiger partial charge in [0.1, 0.15) is 10.7 Å². The Labute approximate surface area is 199 Å². The first-order valence-electron chi connectivity index (χ1n) is 12.0. The van der Waals surface area contributed by atoms with Crippen molar-refractivity contribution in [3.8, 4) is 0 Å². The van der Waals surface area contributed by atoms with Crippen LogP contribution in [0.25, 0.3) is 10.2 Å². The molecule has 2 N–H and O–H groups in total. The van der Waals surface area contributed by atoms with Gasteiger partial charge in [-0.2, -0.15) is 0 Å². The predicted molar refractivity (Wildman–Crippen MR) is 134 cm³/mol. The van der Waals surface area contributed by atoms with E-state index in [9.17, 15) is 9.90 Å². The van der Waals surface area contributed by atoms with Crippen molar-refractivity contribution >= 4 is 21.6 Å². The monoisotopic (exact) mass is 469 g/mol. The number of aromatic nitrogens is 2. The molecular weight excluding hydrogens is 434 g/mol. The third kappa shape index (κ3) is 6.51. The van der Waals surface area contributed by atoms with Gasteiger partial charge in [-0.15, -0.1) is 11.3 Å². The molecule has 1 atom stereocenters. The molecule has 0 radical (unpaired) electrons. The van der Waals surface area contributed by atoms with E-state index in [1.54, 1.807) is 11.3 Å². The van der Waals surface area contributed by atoms with Crippen LogP contribution in [-0.2, 0) is 30.7 Å². The number of ether oxygens (including phenoxy) is 1. The minimum absolute atomic E-state index is 0.0232. The van der Waals surface area contributed by atoms with E-state index in [1.807, 2.05) is 30.3 Å². The summed E-state index contributed by atoms with van der Waals surface area (Å²) in [4.78, 5) is 25.1. The fourth-order valence-electron chi connectivity index (χ4n) is 4.41. The summed E-state index contributed by atoms with van der Waals surface area (Å²) in [6, 6.07) is 9.98. The summed E-state index contributed by atoms with van der Waals surface area (Å²) in [5, 5.41) is 11.4. The molecule has 2 heterocycles. The summed E-state index contributed by atoms with van der Waals surface area (Å²) >= 11 is 1.68. The van der Waals surface area contributed by atoms with E-state index >= 15 is 0 Å². The van der Waals surface area contributed by atoms with Crippen LogP contribution < -0.4 is 5.56 Å².